The fraction of sp³-hybridized carbons (Fsp3) is 0.500. The fourth-order valence-electron chi connectivity index (χ4n) is 2.78. The van der Waals surface area contributed by atoms with E-state index in [4.69, 9.17) is 0 Å². The summed E-state index contributed by atoms with van der Waals surface area (Å²) in [5.41, 5.74) is -0.137. The van der Waals surface area contributed by atoms with Crippen molar-refractivity contribution in [3.63, 3.8) is 0 Å². The minimum absolute atomic E-state index is 0.118. The quantitative estimate of drug-likeness (QED) is 0.867. The average Bonchev–Trinajstić information content (AvgIpc) is 2.79. The number of benzene rings is 1. The molecule has 0 amide bonds. The van der Waals surface area contributed by atoms with Crippen LogP contribution in [0.3, 0.4) is 0 Å². The molecule has 18 heavy (non-hydrogen) atoms. The predicted molar refractivity (Wildman–Crippen MR) is 65.4 cm³/mol. The number of carboxylic acid groups (broad SMARTS) is 1. The predicted octanol–water partition coefficient (Wildman–Crippen LogP) is 3.32. The van der Waals surface area contributed by atoms with Crippen molar-refractivity contribution >= 4 is 5.97 Å². The molecule has 4 heteroatoms. The molecule has 0 aliphatic heterocycles. The molecular weight excluding hydrogens is 235 g/mol. The summed E-state index contributed by atoms with van der Waals surface area (Å²) in [6, 6.07) is 4.49. The van der Waals surface area contributed by atoms with Gasteiger partial charge in [0.25, 0.3) is 0 Å². The third-order valence-corrected chi connectivity index (χ3v) is 3.88. The van der Waals surface area contributed by atoms with Crippen molar-refractivity contribution < 1.29 is 19.4 Å². The van der Waals surface area contributed by atoms with Gasteiger partial charge in [0.05, 0.1) is 5.41 Å². The molecular formula is C14H17FO3. The third-order valence-electron chi connectivity index (χ3n) is 3.88. The molecule has 0 bridgehead atoms. The molecule has 1 aromatic carbocycles. The summed E-state index contributed by atoms with van der Waals surface area (Å²) in [5.74, 6) is -0.976. The first kappa shape index (κ1) is 12.9. The van der Waals surface area contributed by atoms with Crippen LogP contribution in [0, 0.1) is 0 Å². The van der Waals surface area contributed by atoms with Crippen LogP contribution in [0.15, 0.2) is 18.2 Å². The van der Waals surface area contributed by atoms with Gasteiger partial charge in [-0.25, -0.2) is 4.39 Å². The first-order chi connectivity index (χ1) is 8.47. The van der Waals surface area contributed by atoms with E-state index >= 15 is 0 Å². The van der Waals surface area contributed by atoms with Crippen molar-refractivity contribution in [1.82, 2.24) is 0 Å². The zero-order valence-electron chi connectivity index (χ0n) is 10.3. The Labute approximate surface area is 105 Å². The van der Waals surface area contributed by atoms with Gasteiger partial charge in [0.1, 0.15) is 11.9 Å². The van der Waals surface area contributed by atoms with Crippen LogP contribution < -0.4 is 0 Å². The number of halogens is 1. The smallest absolute Gasteiger partial charge is 0.314 e. The highest BCUT2D eigenvalue weighted by Crippen LogP contribution is 2.43. The van der Waals surface area contributed by atoms with Crippen LogP contribution in [0.4, 0.5) is 4.39 Å². The Bertz CT molecular complexity index is 462. The molecule has 1 atom stereocenters. The molecule has 1 aliphatic rings. The summed E-state index contributed by atoms with van der Waals surface area (Å²) in [6.45, 7) is 1.33. The Morgan fingerprint density at radius 3 is 2.50 bits per heavy atom. The normalized spacial score (nSPS) is 19.7. The Balaban J connectivity index is 2.49. The van der Waals surface area contributed by atoms with Crippen molar-refractivity contribution in [3.05, 3.63) is 29.3 Å². The van der Waals surface area contributed by atoms with E-state index in [2.05, 4.69) is 0 Å². The molecule has 1 unspecified atom stereocenters. The molecule has 0 saturated heterocycles. The SMILES string of the molecule is CC(F)c1cc(C2(C(=O)O)CCCC2)ccc1O. The summed E-state index contributed by atoms with van der Waals surface area (Å²) < 4.78 is 13.4. The van der Waals surface area contributed by atoms with Crippen molar-refractivity contribution in [2.45, 2.75) is 44.2 Å². The van der Waals surface area contributed by atoms with Gasteiger partial charge in [0.15, 0.2) is 0 Å². The molecule has 2 N–H and O–H groups in total. The van der Waals surface area contributed by atoms with E-state index in [-0.39, 0.29) is 11.3 Å². The van der Waals surface area contributed by atoms with Gasteiger partial charge in [-0.05, 0) is 37.5 Å². The Morgan fingerprint density at radius 2 is 2.00 bits per heavy atom. The summed E-state index contributed by atoms with van der Waals surface area (Å²) in [6.07, 6.45) is 1.58. The van der Waals surface area contributed by atoms with E-state index in [0.29, 0.717) is 18.4 Å². The molecule has 0 radical (unpaired) electrons. The van der Waals surface area contributed by atoms with Crippen molar-refractivity contribution in [2.24, 2.45) is 0 Å². The molecule has 0 aromatic heterocycles. The summed E-state index contributed by atoms with van der Waals surface area (Å²) >= 11 is 0. The van der Waals surface area contributed by atoms with Gasteiger partial charge < -0.3 is 10.2 Å². The highest BCUT2D eigenvalue weighted by molar-refractivity contribution is 5.82. The van der Waals surface area contributed by atoms with E-state index in [0.717, 1.165) is 12.8 Å². The number of phenolic OH excluding ortho intramolecular Hbond substituents is 1. The highest BCUT2D eigenvalue weighted by Gasteiger charge is 2.43. The van der Waals surface area contributed by atoms with Crippen LogP contribution in [0.1, 0.15) is 49.9 Å². The van der Waals surface area contributed by atoms with Crippen LogP contribution in [-0.2, 0) is 10.2 Å². The number of phenols is 1. The minimum Gasteiger partial charge on any atom is -0.508 e. The zero-order chi connectivity index (χ0) is 13.3. The first-order valence-electron chi connectivity index (χ1n) is 6.18. The molecule has 1 aromatic rings. The fourth-order valence-corrected chi connectivity index (χ4v) is 2.78. The van der Waals surface area contributed by atoms with E-state index in [1.165, 1.54) is 19.1 Å². The maximum atomic E-state index is 13.4. The summed E-state index contributed by atoms with van der Waals surface area (Å²) in [4.78, 5) is 11.5. The maximum absolute atomic E-state index is 13.4. The lowest BCUT2D eigenvalue weighted by Gasteiger charge is -2.25. The van der Waals surface area contributed by atoms with Crippen LogP contribution in [0.5, 0.6) is 5.75 Å². The van der Waals surface area contributed by atoms with E-state index in [1.807, 2.05) is 0 Å². The number of alkyl halides is 1. The van der Waals surface area contributed by atoms with Crippen molar-refractivity contribution in [2.75, 3.05) is 0 Å². The second-order valence-corrected chi connectivity index (χ2v) is 4.98. The van der Waals surface area contributed by atoms with Gasteiger partial charge in [0, 0.05) is 5.56 Å². The molecule has 1 saturated carbocycles. The number of hydrogen-bond acceptors (Lipinski definition) is 2. The Kier molecular flexibility index (Phi) is 3.28. The van der Waals surface area contributed by atoms with Gasteiger partial charge >= 0.3 is 5.97 Å². The second-order valence-electron chi connectivity index (χ2n) is 4.98. The molecule has 1 aliphatic carbocycles. The standard InChI is InChI=1S/C14H17FO3/c1-9(15)11-8-10(4-5-12(11)16)14(13(17)18)6-2-3-7-14/h4-5,8-9,16H,2-3,6-7H2,1H3,(H,17,18). The van der Waals surface area contributed by atoms with Gasteiger partial charge in [-0.1, -0.05) is 18.9 Å². The number of carboxylic acids is 1. The van der Waals surface area contributed by atoms with E-state index < -0.39 is 17.6 Å². The number of hydrogen-bond donors (Lipinski definition) is 2. The monoisotopic (exact) mass is 252 g/mol. The van der Waals surface area contributed by atoms with Crippen molar-refractivity contribution in [3.8, 4) is 5.75 Å². The summed E-state index contributed by atoms with van der Waals surface area (Å²) in [5, 5.41) is 19.0. The zero-order valence-corrected chi connectivity index (χ0v) is 10.3. The molecule has 0 heterocycles. The van der Waals surface area contributed by atoms with E-state index in [1.54, 1.807) is 6.07 Å². The van der Waals surface area contributed by atoms with Crippen LogP contribution in [0.25, 0.3) is 0 Å². The molecule has 1 fully saturated rings. The lowest BCUT2D eigenvalue weighted by Crippen LogP contribution is -2.32. The van der Waals surface area contributed by atoms with Crippen LogP contribution >= 0.6 is 0 Å². The topological polar surface area (TPSA) is 57.5 Å². The maximum Gasteiger partial charge on any atom is 0.314 e. The van der Waals surface area contributed by atoms with Gasteiger partial charge in [-0.3, -0.25) is 4.79 Å². The second kappa shape index (κ2) is 4.59. The van der Waals surface area contributed by atoms with Gasteiger partial charge in [-0.15, -0.1) is 0 Å². The number of aliphatic carboxylic acids is 1. The minimum atomic E-state index is -1.31. The lowest BCUT2D eigenvalue weighted by molar-refractivity contribution is -0.143. The first-order valence-corrected chi connectivity index (χ1v) is 6.18. The third kappa shape index (κ3) is 1.96. The summed E-state index contributed by atoms with van der Waals surface area (Å²) in [7, 11) is 0. The van der Waals surface area contributed by atoms with Crippen LogP contribution in [0.2, 0.25) is 0 Å². The number of carbonyl (C=O) groups is 1. The molecule has 2 rings (SSSR count). The highest BCUT2D eigenvalue weighted by atomic mass is 19.1. The molecule has 98 valence electrons. The van der Waals surface area contributed by atoms with E-state index in [9.17, 15) is 19.4 Å². The number of rotatable bonds is 3. The number of aromatic hydroxyl groups is 1. The van der Waals surface area contributed by atoms with Gasteiger partial charge in [0.2, 0.25) is 0 Å². The average molecular weight is 252 g/mol. The Morgan fingerprint density at radius 1 is 1.39 bits per heavy atom. The van der Waals surface area contributed by atoms with Crippen molar-refractivity contribution in [1.29, 1.82) is 0 Å². The molecule has 3 nitrogen and oxygen atoms in total. The molecule has 0 spiro atoms. The van der Waals surface area contributed by atoms with Gasteiger partial charge in [-0.2, -0.15) is 0 Å². The largest absolute Gasteiger partial charge is 0.508 e. The Hall–Kier alpha value is -1.58. The lowest BCUT2D eigenvalue weighted by atomic mass is 9.78. The van der Waals surface area contributed by atoms with Crippen LogP contribution in [-0.4, -0.2) is 16.2 Å².